The topological polar surface area (TPSA) is 41.5 Å². The van der Waals surface area contributed by atoms with E-state index in [1.54, 1.807) is 18.2 Å². The summed E-state index contributed by atoms with van der Waals surface area (Å²) in [6.07, 6.45) is -5.32. The summed E-state index contributed by atoms with van der Waals surface area (Å²) in [6, 6.07) is 5.18. The normalized spacial score (nSPS) is 13.4. The van der Waals surface area contributed by atoms with Crippen LogP contribution in [0.1, 0.15) is 17.2 Å². The van der Waals surface area contributed by atoms with Gasteiger partial charge in [0.2, 0.25) is 0 Å². The highest BCUT2D eigenvalue weighted by Gasteiger charge is 2.27. The first-order valence-corrected chi connectivity index (χ1v) is 5.43. The molecule has 1 unspecified atom stereocenters. The van der Waals surface area contributed by atoms with Crippen molar-refractivity contribution in [3.63, 3.8) is 0 Å². The Kier molecular flexibility index (Phi) is 4.98. The first kappa shape index (κ1) is 14.8. The number of alkyl halides is 3. The minimum Gasteiger partial charge on any atom is -0.496 e. The number of ether oxygens (including phenoxy) is 1. The lowest BCUT2D eigenvalue weighted by atomic mass is 10.1. The summed E-state index contributed by atoms with van der Waals surface area (Å²) in [7, 11) is 1.45. The van der Waals surface area contributed by atoms with E-state index in [1.807, 2.05) is 6.92 Å². The van der Waals surface area contributed by atoms with Crippen molar-refractivity contribution >= 4 is 0 Å². The molecule has 1 rings (SSSR count). The van der Waals surface area contributed by atoms with Gasteiger partial charge in [0, 0.05) is 12.1 Å². The fourth-order valence-corrected chi connectivity index (χ4v) is 1.57. The van der Waals surface area contributed by atoms with Gasteiger partial charge in [0.25, 0.3) is 0 Å². The van der Waals surface area contributed by atoms with Gasteiger partial charge < -0.3 is 15.2 Å². The summed E-state index contributed by atoms with van der Waals surface area (Å²) < 4.78 is 40.9. The zero-order valence-electron chi connectivity index (χ0n) is 10.2. The van der Waals surface area contributed by atoms with Crippen molar-refractivity contribution in [2.45, 2.75) is 19.2 Å². The van der Waals surface area contributed by atoms with Crippen molar-refractivity contribution in [2.24, 2.45) is 0 Å². The number of hydrogen-bond acceptors (Lipinski definition) is 3. The smallest absolute Gasteiger partial charge is 0.401 e. The monoisotopic (exact) mass is 263 g/mol. The lowest BCUT2D eigenvalue weighted by Gasteiger charge is -2.16. The van der Waals surface area contributed by atoms with Gasteiger partial charge in [-0.2, -0.15) is 13.2 Å². The molecule has 1 aromatic carbocycles. The van der Waals surface area contributed by atoms with Gasteiger partial charge in [0.1, 0.15) is 5.75 Å². The number of aliphatic hydroxyl groups excluding tert-OH is 1. The van der Waals surface area contributed by atoms with Gasteiger partial charge in [0.05, 0.1) is 19.8 Å². The Hall–Kier alpha value is -1.27. The molecule has 0 aliphatic rings. The molecule has 1 atom stereocenters. The van der Waals surface area contributed by atoms with Crippen molar-refractivity contribution in [2.75, 3.05) is 20.2 Å². The predicted octanol–water partition coefficient (Wildman–Crippen LogP) is 2.19. The third-order valence-electron chi connectivity index (χ3n) is 2.41. The van der Waals surface area contributed by atoms with Gasteiger partial charge in [-0.25, -0.2) is 0 Å². The standard InChI is InChI=1S/C12H16F3NO2/c1-8-3-4-11(18-2)9(5-8)10(17)6-16-7-12(13,14)15/h3-5,10,16-17H,6-7H2,1-2H3. The Morgan fingerprint density at radius 3 is 2.61 bits per heavy atom. The van der Waals surface area contributed by atoms with Crippen LogP contribution in [-0.4, -0.2) is 31.5 Å². The number of benzene rings is 1. The third kappa shape index (κ3) is 4.54. The summed E-state index contributed by atoms with van der Waals surface area (Å²) in [5.74, 6) is 0.460. The molecule has 3 nitrogen and oxygen atoms in total. The zero-order valence-corrected chi connectivity index (χ0v) is 10.2. The summed E-state index contributed by atoms with van der Waals surface area (Å²) in [6.45, 7) is 0.524. The van der Waals surface area contributed by atoms with Gasteiger partial charge >= 0.3 is 6.18 Å². The molecule has 0 aliphatic heterocycles. The molecule has 18 heavy (non-hydrogen) atoms. The highest BCUT2D eigenvalue weighted by atomic mass is 19.4. The van der Waals surface area contributed by atoms with Crippen LogP contribution in [-0.2, 0) is 0 Å². The average Bonchev–Trinajstić information content (AvgIpc) is 2.27. The first-order valence-electron chi connectivity index (χ1n) is 5.43. The Labute approximate surface area is 104 Å². The molecule has 0 aliphatic carbocycles. The Morgan fingerprint density at radius 1 is 1.39 bits per heavy atom. The maximum atomic E-state index is 11.9. The van der Waals surface area contributed by atoms with Crippen molar-refractivity contribution in [3.05, 3.63) is 29.3 Å². The molecule has 0 saturated carbocycles. The number of hydrogen-bond donors (Lipinski definition) is 2. The van der Waals surface area contributed by atoms with Gasteiger partial charge in [-0.1, -0.05) is 11.6 Å². The molecule has 0 saturated heterocycles. The number of methoxy groups -OCH3 is 1. The van der Waals surface area contributed by atoms with Gasteiger partial charge in [-0.15, -0.1) is 0 Å². The Bertz CT molecular complexity index is 393. The van der Waals surface area contributed by atoms with Crippen LogP contribution in [0.25, 0.3) is 0 Å². The van der Waals surface area contributed by atoms with Gasteiger partial charge in [-0.05, 0) is 19.1 Å². The summed E-state index contributed by atoms with van der Waals surface area (Å²) >= 11 is 0. The van der Waals surface area contributed by atoms with E-state index >= 15 is 0 Å². The molecule has 2 N–H and O–H groups in total. The highest BCUT2D eigenvalue weighted by Crippen LogP contribution is 2.26. The van der Waals surface area contributed by atoms with Crippen molar-refractivity contribution in [1.29, 1.82) is 0 Å². The van der Waals surface area contributed by atoms with Crippen LogP contribution < -0.4 is 10.1 Å². The van der Waals surface area contributed by atoms with Crippen LogP contribution in [0.2, 0.25) is 0 Å². The Balaban J connectivity index is 2.66. The van der Waals surface area contributed by atoms with Crippen LogP contribution >= 0.6 is 0 Å². The van der Waals surface area contributed by atoms with Gasteiger partial charge in [-0.3, -0.25) is 0 Å². The maximum Gasteiger partial charge on any atom is 0.401 e. The molecule has 0 bridgehead atoms. The molecule has 0 spiro atoms. The fraction of sp³-hybridized carbons (Fsp3) is 0.500. The van der Waals surface area contributed by atoms with Crippen molar-refractivity contribution in [3.8, 4) is 5.75 Å². The van der Waals surface area contributed by atoms with E-state index in [9.17, 15) is 18.3 Å². The minimum absolute atomic E-state index is 0.181. The predicted molar refractivity (Wildman–Crippen MR) is 61.6 cm³/mol. The SMILES string of the molecule is COc1ccc(C)cc1C(O)CNCC(F)(F)F. The molecule has 0 aromatic heterocycles. The van der Waals surface area contributed by atoms with Gasteiger partial charge in [0.15, 0.2) is 0 Å². The van der Waals surface area contributed by atoms with E-state index in [4.69, 9.17) is 4.74 Å². The summed E-state index contributed by atoms with van der Waals surface area (Å²) in [5.41, 5.74) is 1.38. The van der Waals surface area contributed by atoms with E-state index < -0.39 is 18.8 Å². The number of aryl methyl sites for hydroxylation is 1. The number of rotatable bonds is 5. The number of aliphatic hydroxyl groups is 1. The van der Waals surface area contributed by atoms with E-state index in [1.165, 1.54) is 7.11 Å². The molecule has 0 radical (unpaired) electrons. The van der Waals surface area contributed by atoms with E-state index in [-0.39, 0.29) is 6.54 Å². The fourth-order valence-electron chi connectivity index (χ4n) is 1.57. The quantitative estimate of drug-likeness (QED) is 0.855. The molecular formula is C12H16F3NO2. The molecule has 6 heteroatoms. The van der Waals surface area contributed by atoms with Crippen LogP contribution in [0.3, 0.4) is 0 Å². The maximum absolute atomic E-state index is 11.9. The molecular weight excluding hydrogens is 247 g/mol. The second-order valence-corrected chi connectivity index (χ2v) is 4.01. The summed E-state index contributed by atoms with van der Waals surface area (Å²) in [5, 5.41) is 12.0. The van der Waals surface area contributed by atoms with E-state index in [2.05, 4.69) is 5.32 Å². The molecule has 0 fully saturated rings. The zero-order chi connectivity index (χ0) is 13.8. The van der Waals surface area contributed by atoms with Crippen LogP contribution in [0.15, 0.2) is 18.2 Å². The molecule has 102 valence electrons. The van der Waals surface area contributed by atoms with Crippen LogP contribution in [0, 0.1) is 6.92 Å². The van der Waals surface area contributed by atoms with Crippen molar-refractivity contribution < 1.29 is 23.0 Å². The van der Waals surface area contributed by atoms with Crippen molar-refractivity contribution in [1.82, 2.24) is 5.32 Å². The highest BCUT2D eigenvalue weighted by molar-refractivity contribution is 5.38. The largest absolute Gasteiger partial charge is 0.496 e. The third-order valence-corrected chi connectivity index (χ3v) is 2.41. The van der Waals surface area contributed by atoms with E-state index in [0.29, 0.717) is 11.3 Å². The summed E-state index contributed by atoms with van der Waals surface area (Å²) in [4.78, 5) is 0. The average molecular weight is 263 g/mol. The number of nitrogens with one attached hydrogen (secondary N) is 1. The molecule has 0 heterocycles. The molecule has 1 aromatic rings. The Morgan fingerprint density at radius 2 is 2.06 bits per heavy atom. The lowest BCUT2D eigenvalue weighted by molar-refractivity contribution is -0.125. The lowest BCUT2D eigenvalue weighted by Crippen LogP contribution is -2.32. The second kappa shape index (κ2) is 6.06. The second-order valence-electron chi connectivity index (χ2n) is 4.01. The number of halogens is 3. The molecule has 0 amide bonds. The minimum atomic E-state index is -4.28. The first-order chi connectivity index (χ1) is 8.33. The van der Waals surface area contributed by atoms with Crippen LogP contribution in [0.4, 0.5) is 13.2 Å². The van der Waals surface area contributed by atoms with Crippen LogP contribution in [0.5, 0.6) is 5.75 Å². The van der Waals surface area contributed by atoms with E-state index in [0.717, 1.165) is 5.56 Å².